The van der Waals surface area contributed by atoms with E-state index in [1.54, 1.807) is 6.20 Å². The Kier molecular flexibility index (Phi) is 4.50. The molecule has 1 aliphatic heterocycles. The highest BCUT2D eigenvalue weighted by Crippen LogP contribution is 2.14. The molecule has 0 radical (unpaired) electrons. The van der Waals surface area contributed by atoms with Gasteiger partial charge in [0.2, 0.25) is 0 Å². The Morgan fingerprint density at radius 3 is 3.00 bits per heavy atom. The number of aromatic nitrogens is 1. The van der Waals surface area contributed by atoms with Gasteiger partial charge in [-0.2, -0.15) is 0 Å². The summed E-state index contributed by atoms with van der Waals surface area (Å²) in [6.45, 7) is 3.03. The van der Waals surface area contributed by atoms with Crippen molar-refractivity contribution < 1.29 is 4.79 Å². The van der Waals surface area contributed by atoms with Gasteiger partial charge in [0.25, 0.3) is 0 Å². The molecule has 2 rings (SSSR count). The van der Waals surface area contributed by atoms with E-state index in [4.69, 9.17) is 5.73 Å². The van der Waals surface area contributed by atoms with Crippen LogP contribution >= 0.6 is 0 Å². The molecule has 0 saturated carbocycles. The van der Waals surface area contributed by atoms with Gasteiger partial charge in [0.05, 0.1) is 0 Å². The van der Waals surface area contributed by atoms with Gasteiger partial charge in [-0.3, -0.25) is 4.79 Å². The number of hydrogen-bond acceptors (Lipinski definition) is 5. The lowest BCUT2D eigenvalue weighted by Gasteiger charge is -2.37. The highest BCUT2D eigenvalue weighted by Gasteiger charge is 2.24. The molecule has 0 aliphatic carbocycles. The molecule has 5 heteroatoms. The van der Waals surface area contributed by atoms with E-state index >= 15 is 0 Å². The maximum absolute atomic E-state index is 12.2. The standard InChI is InChI=1S/C14H22N4O/c1-17-6-7-18(2)12(10-17)9-13(19)8-11-4-3-5-16-14(11)15/h3-5,12H,6-10H2,1-2H3,(H2,15,16). The van der Waals surface area contributed by atoms with Crippen LogP contribution in [0.2, 0.25) is 0 Å². The Morgan fingerprint density at radius 2 is 2.26 bits per heavy atom. The first-order valence-corrected chi connectivity index (χ1v) is 6.66. The van der Waals surface area contributed by atoms with Gasteiger partial charge in [-0.15, -0.1) is 0 Å². The van der Waals surface area contributed by atoms with Gasteiger partial charge in [0.1, 0.15) is 11.6 Å². The van der Waals surface area contributed by atoms with E-state index in [9.17, 15) is 4.79 Å². The molecular weight excluding hydrogens is 240 g/mol. The Bertz CT molecular complexity index is 449. The van der Waals surface area contributed by atoms with Crippen molar-refractivity contribution in [2.45, 2.75) is 18.9 Å². The third kappa shape index (κ3) is 3.75. The molecule has 1 aromatic rings. The van der Waals surface area contributed by atoms with E-state index in [-0.39, 0.29) is 5.78 Å². The van der Waals surface area contributed by atoms with Crippen LogP contribution in [0.25, 0.3) is 0 Å². The zero-order valence-corrected chi connectivity index (χ0v) is 11.7. The minimum Gasteiger partial charge on any atom is -0.383 e. The Hall–Kier alpha value is -1.46. The first kappa shape index (κ1) is 14.0. The summed E-state index contributed by atoms with van der Waals surface area (Å²) in [6.07, 6.45) is 2.61. The number of hydrogen-bond donors (Lipinski definition) is 1. The molecule has 0 bridgehead atoms. The van der Waals surface area contributed by atoms with Crippen molar-refractivity contribution in [3.63, 3.8) is 0 Å². The number of Topliss-reactive ketones (excluding diaryl/α,β-unsaturated/α-hetero) is 1. The molecule has 1 saturated heterocycles. The third-order valence-corrected chi connectivity index (χ3v) is 3.76. The number of carbonyl (C=O) groups excluding carboxylic acids is 1. The molecule has 1 unspecified atom stereocenters. The van der Waals surface area contributed by atoms with Crippen molar-refractivity contribution in [3.8, 4) is 0 Å². The summed E-state index contributed by atoms with van der Waals surface area (Å²) in [4.78, 5) is 20.7. The number of carbonyl (C=O) groups is 1. The van der Waals surface area contributed by atoms with Gasteiger partial charge in [-0.05, 0) is 20.2 Å². The third-order valence-electron chi connectivity index (χ3n) is 3.76. The fourth-order valence-electron chi connectivity index (χ4n) is 2.47. The summed E-state index contributed by atoms with van der Waals surface area (Å²) >= 11 is 0. The average molecular weight is 262 g/mol. The fourth-order valence-corrected chi connectivity index (χ4v) is 2.47. The van der Waals surface area contributed by atoms with Crippen LogP contribution in [-0.4, -0.2) is 60.3 Å². The quantitative estimate of drug-likeness (QED) is 0.851. The highest BCUT2D eigenvalue weighted by molar-refractivity contribution is 5.82. The van der Waals surface area contributed by atoms with Crippen molar-refractivity contribution in [3.05, 3.63) is 23.9 Å². The van der Waals surface area contributed by atoms with E-state index in [0.29, 0.717) is 24.7 Å². The molecule has 0 aromatic carbocycles. The van der Waals surface area contributed by atoms with Gasteiger partial charge >= 0.3 is 0 Å². The second-order valence-electron chi connectivity index (χ2n) is 5.36. The minimum absolute atomic E-state index is 0.229. The van der Waals surface area contributed by atoms with Crippen molar-refractivity contribution in [1.82, 2.24) is 14.8 Å². The molecule has 1 aliphatic rings. The molecule has 1 atom stereocenters. The topological polar surface area (TPSA) is 62.5 Å². The van der Waals surface area contributed by atoms with Crippen LogP contribution in [0.15, 0.2) is 18.3 Å². The van der Waals surface area contributed by atoms with Gasteiger partial charge < -0.3 is 15.5 Å². The van der Waals surface area contributed by atoms with Crippen molar-refractivity contribution >= 4 is 11.6 Å². The maximum Gasteiger partial charge on any atom is 0.139 e. The zero-order valence-electron chi connectivity index (χ0n) is 11.7. The number of nitrogens with zero attached hydrogens (tertiary/aromatic N) is 3. The highest BCUT2D eigenvalue weighted by atomic mass is 16.1. The number of piperazine rings is 1. The smallest absolute Gasteiger partial charge is 0.139 e. The van der Waals surface area contributed by atoms with Crippen LogP contribution in [0.3, 0.4) is 0 Å². The second-order valence-corrected chi connectivity index (χ2v) is 5.36. The summed E-state index contributed by atoms with van der Waals surface area (Å²) in [7, 11) is 4.19. The summed E-state index contributed by atoms with van der Waals surface area (Å²) < 4.78 is 0. The lowest BCUT2D eigenvalue weighted by molar-refractivity contribution is -0.120. The molecule has 2 heterocycles. The molecule has 5 nitrogen and oxygen atoms in total. The van der Waals surface area contributed by atoms with E-state index in [1.807, 2.05) is 12.1 Å². The van der Waals surface area contributed by atoms with Crippen molar-refractivity contribution in [2.75, 3.05) is 39.5 Å². The number of ketones is 1. The number of likely N-dealkylation sites (N-methyl/N-ethyl adjacent to an activating group) is 2. The van der Waals surface area contributed by atoms with Crippen LogP contribution in [0.5, 0.6) is 0 Å². The predicted octanol–water partition coefficient (Wildman–Crippen LogP) is 0.411. The minimum atomic E-state index is 0.229. The Labute approximate surface area is 114 Å². The maximum atomic E-state index is 12.2. The summed E-state index contributed by atoms with van der Waals surface area (Å²) in [5, 5.41) is 0. The van der Waals surface area contributed by atoms with Crippen LogP contribution in [-0.2, 0) is 11.2 Å². The van der Waals surface area contributed by atoms with Gasteiger partial charge in [0, 0.05) is 50.3 Å². The number of rotatable bonds is 4. The van der Waals surface area contributed by atoms with Crippen molar-refractivity contribution in [1.29, 1.82) is 0 Å². The second kappa shape index (κ2) is 6.12. The SMILES string of the molecule is CN1CCN(C)C(CC(=O)Cc2cccnc2N)C1. The molecular formula is C14H22N4O. The molecule has 0 spiro atoms. The summed E-state index contributed by atoms with van der Waals surface area (Å²) in [5.74, 6) is 0.691. The predicted molar refractivity (Wildman–Crippen MR) is 75.9 cm³/mol. The van der Waals surface area contributed by atoms with Crippen LogP contribution in [0.4, 0.5) is 5.82 Å². The Morgan fingerprint density at radius 1 is 1.47 bits per heavy atom. The molecule has 1 fully saturated rings. The Balaban J connectivity index is 1.92. The van der Waals surface area contributed by atoms with Crippen LogP contribution < -0.4 is 5.73 Å². The zero-order chi connectivity index (χ0) is 13.8. The van der Waals surface area contributed by atoms with E-state index in [0.717, 1.165) is 25.2 Å². The monoisotopic (exact) mass is 262 g/mol. The van der Waals surface area contributed by atoms with Crippen LogP contribution in [0, 0.1) is 0 Å². The van der Waals surface area contributed by atoms with E-state index in [1.165, 1.54) is 0 Å². The lowest BCUT2D eigenvalue weighted by atomic mass is 10.0. The van der Waals surface area contributed by atoms with Gasteiger partial charge in [-0.1, -0.05) is 6.07 Å². The average Bonchev–Trinajstić information content (AvgIpc) is 2.37. The van der Waals surface area contributed by atoms with Crippen molar-refractivity contribution in [2.24, 2.45) is 0 Å². The molecule has 19 heavy (non-hydrogen) atoms. The first-order chi connectivity index (χ1) is 9.06. The van der Waals surface area contributed by atoms with E-state index in [2.05, 4.69) is 28.9 Å². The summed E-state index contributed by atoms with van der Waals surface area (Å²) in [6, 6.07) is 4.00. The van der Waals surface area contributed by atoms with E-state index < -0.39 is 0 Å². The fraction of sp³-hybridized carbons (Fsp3) is 0.571. The molecule has 104 valence electrons. The number of anilines is 1. The molecule has 0 amide bonds. The van der Waals surface area contributed by atoms with Gasteiger partial charge in [0.15, 0.2) is 0 Å². The number of pyridine rings is 1. The number of nitrogen functional groups attached to an aromatic ring is 1. The van der Waals surface area contributed by atoms with Gasteiger partial charge in [-0.25, -0.2) is 4.98 Å². The first-order valence-electron chi connectivity index (χ1n) is 6.66. The van der Waals surface area contributed by atoms with Crippen LogP contribution in [0.1, 0.15) is 12.0 Å². The molecule has 2 N–H and O–H groups in total. The normalized spacial score (nSPS) is 21.5. The number of nitrogens with two attached hydrogens (primary N) is 1. The summed E-state index contributed by atoms with van der Waals surface area (Å²) in [5.41, 5.74) is 6.60. The lowest BCUT2D eigenvalue weighted by Crippen LogP contribution is -2.50. The largest absolute Gasteiger partial charge is 0.383 e. The molecule has 1 aromatic heterocycles.